The number of ether oxygens (including phenoxy) is 1. The quantitative estimate of drug-likeness (QED) is 0.580. The van der Waals surface area contributed by atoms with Crippen LogP contribution in [-0.4, -0.2) is 51.6 Å². The zero-order valence-electron chi connectivity index (χ0n) is 15.6. The normalized spacial score (nSPS) is 19.8. The first-order valence-electron chi connectivity index (χ1n) is 8.93. The predicted octanol–water partition coefficient (Wildman–Crippen LogP) is 3.35. The molecule has 0 spiro atoms. The molecule has 156 valence electrons. The smallest absolute Gasteiger partial charge is 0.410 e. The molecule has 0 aromatic heterocycles. The van der Waals surface area contributed by atoms with E-state index in [4.69, 9.17) is 4.74 Å². The summed E-state index contributed by atoms with van der Waals surface area (Å²) in [5, 5.41) is 2.74. The molecule has 0 radical (unpaired) electrons. The number of rotatable bonds is 6. The van der Waals surface area contributed by atoms with Crippen molar-refractivity contribution in [2.24, 2.45) is 0 Å². The van der Waals surface area contributed by atoms with E-state index < -0.39 is 16.1 Å². The average Bonchev–Trinajstić information content (AvgIpc) is 3.01. The lowest BCUT2D eigenvalue weighted by Crippen LogP contribution is -2.39. The Hall–Kier alpha value is -1.46. The summed E-state index contributed by atoms with van der Waals surface area (Å²) in [5.41, 5.74) is 0. The SMILES string of the molecule is CN1C[C@H](NS(=O)(=O)c2cc(Br)ccc2Br)C[C@@H]1CNC(=O)Oc1ccccc1. The summed E-state index contributed by atoms with van der Waals surface area (Å²) in [6, 6.07) is 13.6. The predicted molar refractivity (Wildman–Crippen MR) is 117 cm³/mol. The zero-order valence-corrected chi connectivity index (χ0v) is 19.6. The van der Waals surface area contributed by atoms with Gasteiger partial charge in [-0.05, 0) is 59.7 Å². The number of sulfonamides is 1. The highest BCUT2D eigenvalue weighted by Gasteiger charge is 2.33. The summed E-state index contributed by atoms with van der Waals surface area (Å²) in [4.78, 5) is 14.2. The topological polar surface area (TPSA) is 87.7 Å². The molecular weight excluding hydrogens is 526 g/mol. The molecule has 2 atom stereocenters. The maximum Gasteiger partial charge on any atom is 0.412 e. The Bertz CT molecular complexity index is 973. The molecule has 1 aliphatic heterocycles. The third kappa shape index (κ3) is 6.02. The van der Waals surface area contributed by atoms with E-state index in [-0.39, 0.29) is 17.0 Å². The van der Waals surface area contributed by atoms with Crippen LogP contribution in [0.3, 0.4) is 0 Å². The van der Waals surface area contributed by atoms with Crippen molar-refractivity contribution in [3.05, 3.63) is 57.5 Å². The zero-order chi connectivity index (χ0) is 21.0. The summed E-state index contributed by atoms with van der Waals surface area (Å²) in [6.07, 6.45) is 0.0409. The minimum Gasteiger partial charge on any atom is -0.410 e. The van der Waals surface area contributed by atoms with Gasteiger partial charge >= 0.3 is 6.09 Å². The second-order valence-corrected chi connectivity index (χ2v) is 10.3. The average molecular weight is 547 g/mol. The molecule has 3 rings (SSSR count). The summed E-state index contributed by atoms with van der Waals surface area (Å²) in [6.45, 7) is 0.909. The molecule has 0 bridgehead atoms. The monoisotopic (exact) mass is 545 g/mol. The Labute approximate surface area is 187 Å². The number of hydrogen-bond donors (Lipinski definition) is 2. The van der Waals surface area contributed by atoms with Crippen LogP contribution >= 0.6 is 31.9 Å². The third-order valence-electron chi connectivity index (χ3n) is 4.63. The fourth-order valence-electron chi connectivity index (χ4n) is 3.20. The standard InChI is InChI=1S/C19H21Br2N3O4S/c1-24-12-14(23-29(26,27)18-9-13(20)7-8-17(18)21)10-15(24)11-22-19(25)28-16-5-3-2-4-6-16/h2-9,14-15,23H,10-12H2,1H3,(H,22,25)/t14-,15-/m1/s1. The highest BCUT2D eigenvalue weighted by Crippen LogP contribution is 2.27. The largest absolute Gasteiger partial charge is 0.412 e. The van der Waals surface area contributed by atoms with Crippen LogP contribution in [0.1, 0.15) is 6.42 Å². The maximum atomic E-state index is 12.8. The Morgan fingerprint density at radius 3 is 2.66 bits per heavy atom. The van der Waals surface area contributed by atoms with Gasteiger partial charge in [0.25, 0.3) is 0 Å². The van der Waals surface area contributed by atoms with E-state index in [9.17, 15) is 13.2 Å². The Morgan fingerprint density at radius 1 is 1.21 bits per heavy atom. The lowest BCUT2D eigenvalue weighted by atomic mass is 10.2. The molecule has 10 heteroatoms. The van der Waals surface area contributed by atoms with E-state index in [1.165, 1.54) is 0 Å². The van der Waals surface area contributed by atoms with Crippen molar-refractivity contribution in [2.45, 2.75) is 23.4 Å². The number of amides is 1. The number of nitrogens with zero attached hydrogens (tertiary/aromatic N) is 1. The van der Waals surface area contributed by atoms with E-state index in [0.717, 1.165) is 0 Å². The van der Waals surface area contributed by atoms with Gasteiger partial charge in [0.2, 0.25) is 10.0 Å². The number of carbonyl (C=O) groups is 1. The lowest BCUT2D eigenvalue weighted by Gasteiger charge is -2.19. The molecule has 0 aliphatic carbocycles. The molecule has 2 aromatic rings. The molecular formula is C19H21Br2N3O4S. The fourth-order valence-corrected chi connectivity index (χ4v) is 5.94. The maximum absolute atomic E-state index is 12.8. The molecule has 1 fully saturated rings. The van der Waals surface area contributed by atoms with E-state index in [2.05, 4.69) is 41.9 Å². The third-order valence-corrected chi connectivity index (χ3v) is 7.64. The fraction of sp³-hybridized carbons (Fsp3) is 0.316. The number of hydrogen-bond acceptors (Lipinski definition) is 5. The summed E-state index contributed by atoms with van der Waals surface area (Å²) >= 11 is 6.60. The molecule has 0 saturated carbocycles. The Kier molecular flexibility index (Phi) is 7.33. The molecule has 7 nitrogen and oxygen atoms in total. The highest BCUT2D eigenvalue weighted by molar-refractivity contribution is 9.11. The minimum absolute atomic E-state index is 0.00280. The first-order chi connectivity index (χ1) is 13.7. The van der Waals surface area contributed by atoms with Gasteiger partial charge in [-0.1, -0.05) is 34.1 Å². The van der Waals surface area contributed by atoms with Gasteiger partial charge in [0.15, 0.2) is 0 Å². The van der Waals surface area contributed by atoms with Crippen LogP contribution in [0.4, 0.5) is 4.79 Å². The van der Waals surface area contributed by atoms with Gasteiger partial charge in [-0.25, -0.2) is 17.9 Å². The second-order valence-electron chi connectivity index (χ2n) is 6.81. The van der Waals surface area contributed by atoms with E-state index in [1.807, 2.05) is 18.0 Å². The number of carbonyl (C=O) groups excluding carboxylic acids is 1. The van der Waals surface area contributed by atoms with Crippen LogP contribution in [0, 0.1) is 0 Å². The van der Waals surface area contributed by atoms with Crippen LogP contribution in [0.2, 0.25) is 0 Å². The molecule has 29 heavy (non-hydrogen) atoms. The molecule has 1 heterocycles. The number of benzene rings is 2. The van der Waals surface area contributed by atoms with Gasteiger partial charge in [-0.2, -0.15) is 0 Å². The van der Waals surface area contributed by atoms with Gasteiger partial charge in [-0.3, -0.25) is 0 Å². The van der Waals surface area contributed by atoms with E-state index in [0.29, 0.717) is 34.2 Å². The van der Waals surface area contributed by atoms with Crippen LogP contribution in [-0.2, 0) is 10.0 Å². The van der Waals surface area contributed by atoms with Crippen LogP contribution in [0.5, 0.6) is 5.75 Å². The van der Waals surface area contributed by atoms with E-state index >= 15 is 0 Å². The highest BCUT2D eigenvalue weighted by atomic mass is 79.9. The number of likely N-dealkylation sites (N-methyl/N-ethyl adjacent to an activating group) is 1. The van der Waals surface area contributed by atoms with Crippen molar-refractivity contribution in [2.75, 3.05) is 20.1 Å². The first kappa shape index (κ1) is 22.2. The molecule has 2 aromatic carbocycles. The minimum atomic E-state index is -3.68. The first-order valence-corrected chi connectivity index (χ1v) is 12.0. The summed E-state index contributed by atoms with van der Waals surface area (Å²) in [5.74, 6) is 0.468. The van der Waals surface area contributed by atoms with Crippen LogP contribution < -0.4 is 14.8 Å². The van der Waals surface area contributed by atoms with Gasteiger partial charge < -0.3 is 15.0 Å². The van der Waals surface area contributed by atoms with E-state index in [1.54, 1.807) is 42.5 Å². The number of halogens is 2. The second kappa shape index (κ2) is 9.57. The molecule has 1 amide bonds. The molecule has 2 N–H and O–H groups in total. The van der Waals surface area contributed by atoms with Gasteiger partial charge in [-0.15, -0.1) is 0 Å². The van der Waals surface area contributed by atoms with Crippen molar-refractivity contribution in [1.29, 1.82) is 0 Å². The van der Waals surface area contributed by atoms with Crippen molar-refractivity contribution in [3.8, 4) is 5.75 Å². The number of nitrogens with one attached hydrogen (secondary N) is 2. The molecule has 1 aliphatic rings. The molecule has 1 saturated heterocycles. The number of likely N-dealkylation sites (tertiary alicyclic amines) is 1. The summed E-state index contributed by atoms with van der Waals surface area (Å²) in [7, 11) is -1.78. The van der Waals surface area contributed by atoms with Crippen molar-refractivity contribution >= 4 is 48.0 Å². The van der Waals surface area contributed by atoms with Crippen LogP contribution in [0.25, 0.3) is 0 Å². The van der Waals surface area contributed by atoms with Crippen molar-refractivity contribution < 1.29 is 17.9 Å². The van der Waals surface area contributed by atoms with Crippen molar-refractivity contribution in [1.82, 2.24) is 14.9 Å². The Morgan fingerprint density at radius 2 is 1.93 bits per heavy atom. The summed E-state index contributed by atoms with van der Waals surface area (Å²) < 4.78 is 34.7. The molecule has 0 unspecified atom stereocenters. The lowest BCUT2D eigenvalue weighted by molar-refractivity contribution is 0.195. The van der Waals surface area contributed by atoms with Crippen LogP contribution in [0.15, 0.2) is 62.4 Å². The van der Waals surface area contributed by atoms with Gasteiger partial charge in [0.1, 0.15) is 5.75 Å². The van der Waals surface area contributed by atoms with Crippen molar-refractivity contribution in [3.63, 3.8) is 0 Å². The Balaban J connectivity index is 1.55. The van der Waals surface area contributed by atoms with Gasteiger partial charge in [0, 0.05) is 34.1 Å². The number of para-hydroxylation sites is 1. The van der Waals surface area contributed by atoms with Gasteiger partial charge in [0.05, 0.1) is 4.90 Å².